The summed E-state index contributed by atoms with van der Waals surface area (Å²) in [6, 6.07) is 12.7. The Bertz CT molecular complexity index is 907. The molecule has 0 aliphatic carbocycles. The molecule has 0 fully saturated rings. The third-order valence-electron chi connectivity index (χ3n) is 3.93. The summed E-state index contributed by atoms with van der Waals surface area (Å²) in [4.78, 5) is 22.7. The lowest BCUT2D eigenvalue weighted by molar-refractivity contribution is -0.132. The van der Waals surface area contributed by atoms with E-state index in [1.165, 1.54) is 0 Å². The van der Waals surface area contributed by atoms with Gasteiger partial charge in [0.05, 0.1) is 6.61 Å². The highest BCUT2D eigenvalue weighted by Gasteiger charge is 2.09. The van der Waals surface area contributed by atoms with E-state index in [0.29, 0.717) is 29.2 Å². The van der Waals surface area contributed by atoms with Crippen molar-refractivity contribution in [3.8, 4) is 22.6 Å². The lowest BCUT2D eigenvalue weighted by atomic mass is 10.0. The van der Waals surface area contributed by atoms with E-state index in [-0.39, 0.29) is 5.57 Å². The van der Waals surface area contributed by atoms with Crippen LogP contribution < -0.4 is 9.47 Å². The van der Waals surface area contributed by atoms with E-state index in [0.717, 1.165) is 17.5 Å². The van der Waals surface area contributed by atoms with Gasteiger partial charge in [0.1, 0.15) is 11.5 Å². The minimum atomic E-state index is -0.967. The average Bonchev–Trinajstić information content (AvgIpc) is 2.67. The van der Waals surface area contributed by atoms with E-state index in [1.54, 1.807) is 32.1 Å². The first-order valence-electron chi connectivity index (χ1n) is 8.98. The lowest BCUT2D eigenvalue weighted by Gasteiger charge is -2.12. The molecular formula is C23H24O5. The smallest absolute Gasteiger partial charge is 0.338 e. The Morgan fingerprint density at radius 2 is 1.71 bits per heavy atom. The van der Waals surface area contributed by atoms with Crippen molar-refractivity contribution in [3.05, 3.63) is 65.8 Å². The van der Waals surface area contributed by atoms with Crippen LogP contribution in [0.5, 0.6) is 11.5 Å². The van der Waals surface area contributed by atoms with Gasteiger partial charge < -0.3 is 14.6 Å². The molecule has 0 aliphatic heterocycles. The van der Waals surface area contributed by atoms with Gasteiger partial charge in [0.15, 0.2) is 0 Å². The summed E-state index contributed by atoms with van der Waals surface area (Å²) in [5, 5.41) is 9.12. The Balaban J connectivity index is 2.32. The zero-order chi connectivity index (χ0) is 20.7. The van der Waals surface area contributed by atoms with Crippen molar-refractivity contribution in [1.82, 2.24) is 0 Å². The van der Waals surface area contributed by atoms with Gasteiger partial charge in [-0.05, 0) is 55.7 Å². The molecule has 0 aliphatic rings. The Morgan fingerprint density at radius 1 is 1.07 bits per heavy atom. The SMILES string of the molecule is C=C(C)C(=O)Oc1ccc(-c2ccc(/C=C(\C)C(=O)O)c(OCCC)c2)cc1. The van der Waals surface area contributed by atoms with Gasteiger partial charge in [-0.3, -0.25) is 0 Å². The molecule has 0 unspecified atom stereocenters. The second-order valence-electron chi connectivity index (χ2n) is 6.43. The van der Waals surface area contributed by atoms with E-state index in [4.69, 9.17) is 14.6 Å². The maximum Gasteiger partial charge on any atom is 0.338 e. The fraction of sp³-hybridized carbons (Fsp3) is 0.217. The van der Waals surface area contributed by atoms with Crippen molar-refractivity contribution >= 4 is 18.0 Å². The van der Waals surface area contributed by atoms with Gasteiger partial charge in [0.2, 0.25) is 0 Å². The molecule has 0 aromatic heterocycles. The maximum absolute atomic E-state index is 11.6. The van der Waals surface area contributed by atoms with E-state index >= 15 is 0 Å². The van der Waals surface area contributed by atoms with Crippen molar-refractivity contribution in [2.75, 3.05) is 6.61 Å². The molecule has 0 saturated carbocycles. The van der Waals surface area contributed by atoms with E-state index < -0.39 is 11.9 Å². The van der Waals surface area contributed by atoms with Crippen molar-refractivity contribution in [3.63, 3.8) is 0 Å². The molecule has 1 N–H and O–H groups in total. The first-order valence-corrected chi connectivity index (χ1v) is 8.98. The number of esters is 1. The molecular weight excluding hydrogens is 356 g/mol. The van der Waals surface area contributed by atoms with Crippen LogP contribution in [-0.2, 0) is 9.59 Å². The molecule has 2 aromatic carbocycles. The number of carbonyl (C=O) groups excluding carboxylic acids is 1. The van der Waals surface area contributed by atoms with Crippen molar-refractivity contribution in [2.24, 2.45) is 0 Å². The van der Waals surface area contributed by atoms with Gasteiger partial charge in [-0.25, -0.2) is 9.59 Å². The second kappa shape index (κ2) is 9.55. The number of hydrogen-bond donors (Lipinski definition) is 1. The van der Waals surface area contributed by atoms with Crippen LogP contribution >= 0.6 is 0 Å². The van der Waals surface area contributed by atoms with Crippen LogP contribution in [0.2, 0.25) is 0 Å². The fourth-order valence-corrected chi connectivity index (χ4v) is 2.37. The van der Waals surface area contributed by atoms with E-state index in [2.05, 4.69) is 6.58 Å². The fourth-order valence-electron chi connectivity index (χ4n) is 2.37. The molecule has 0 bridgehead atoms. The minimum absolute atomic E-state index is 0.234. The van der Waals surface area contributed by atoms with Crippen molar-refractivity contribution < 1.29 is 24.2 Å². The standard InChI is InChI=1S/C23H24O5/c1-5-12-27-21-14-18(6-7-19(21)13-16(4)22(24)25)17-8-10-20(11-9-17)28-23(26)15(2)3/h6-11,13-14H,2,5,12H2,1,3-4H3,(H,24,25)/b16-13+. The normalized spacial score (nSPS) is 11.0. The Hall–Kier alpha value is -3.34. The van der Waals surface area contributed by atoms with Gasteiger partial charge >= 0.3 is 11.9 Å². The molecule has 28 heavy (non-hydrogen) atoms. The number of rotatable bonds is 8. The molecule has 0 spiro atoms. The van der Waals surface area contributed by atoms with E-state index in [9.17, 15) is 9.59 Å². The Kier molecular flexibility index (Phi) is 7.15. The average molecular weight is 380 g/mol. The third-order valence-corrected chi connectivity index (χ3v) is 3.93. The van der Waals surface area contributed by atoms with Crippen LogP contribution in [0, 0.1) is 0 Å². The van der Waals surface area contributed by atoms with Crippen LogP contribution in [0.25, 0.3) is 17.2 Å². The van der Waals surface area contributed by atoms with E-state index in [1.807, 2.05) is 37.3 Å². The highest BCUT2D eigenvalue weighted by atomic mass is 16.5. The molecule has 2 rings (SSSR count). The number of ether oxygens (including phenoxy) is 2. The Morgan fingerprint density at radius 3 is 2.29 bits per heavy atom. The number of benzene rings is 2. The second-order valence-corrected chi connectivity index (χ2v) is 6.43. The van der Waals surface area contributed by atoms with Gasteiger partial charge in [-0.15, -0.1) is 0 Å². The topological polar surface area (TPSA) is 72.8 Å². The molecule has 2 aromatic rings. The molecule has 0 atom stereocenters. The Labute approximate surface area is 164 Å². The summed E-state index contributed by atoms with van der Waals surface area (Å²) in [5.74, 6) is -0.369. The first-order chi connectivity index (χ1) is 13.3. The number of aliphatic carboxylic acids is 1. The predicted octanol–water partition coefficient (Wildman–Crippen LogP) is 5.11. The van der Waals surface area contributed by atoms with Crippen LogP contribution in [0.3, 0.4) is 0 Å². The molecule has 5 nitrogen and oxygen atoms in total. The largest absolute Gasteiger partial charge is 0.493 e. The monoisotopic (exact) mass is 380 g/mol. The van der Waals surface area contributed by atoms with Gasteiger partial charge in [-0.2, -0.15) is 0 Å². The third kappa shape index (κ3) is 5.58. The van der Waals surface area contributed by atoms with Crippen LogP contribution in [0.4, 0.5) is 0 Å². The van der Waals surface area contributed by atoms with Crippen LogP contribution in [0.1, 0.15) is 32.8 Å². The number of hydrogen-bond acceptors (Lipinski definition) is 4. The molecule has 5 heteroatoms. The molecule has 0 radical (unpaired) electrons. The highest BCUT2D eigenvalue weighted by Crippen LogP contribution is 2.30. The highest BCUT2D eigenvalue weighted by molar-refractivity contribution is 5.92. The zero-order valence-corrected chi connectivity index (χ0v) is 16.3. The summed E-state index contributed by atoms with van der Waals surface area (Å²) < 4.78 is 11.0. The van der Waals surface area contributed by atoms with Crippen molar-refractivity contribution in [2.45, 2.75) is 27.2 Å². The zero-order valence-electron chi connectivity index (χ0n) is 16.3. The molecule has 0 saturated heterocycles. The quantitative estimate of drug-likeness (QED) is 0.391. The molecule has 0 amide bonds. The number of carboxylic acid groups (broad SMARTS) is 1. The number of carboxylic acids is 1. The predicted molar refractivity (Wildman–Crippen MR) is 109 cm³/mol. The summed E-state index contributed by atoms with van der Waals surface area (Å²) in [6.45, 7) is 9.24. The van der Waals surface area contributed by atoms with Crippen LogP contribution in [-0.4, -0.2) is 23.7 Å². The number of carbonyl (C=O) groups is 2. The van der Waals surface area contributed by atoms with Gasteiger partial charge in [-0.1, -0.05) is 37.8 Å². The maximum atomic E-state index is 11.6. The summed E-state index contributed by atoms with van der Waals surface area (Å²) in [7, 11) is 0. The molecule has 0 heterocycles. The van der Waals surface area contributed by atoms with Crippen LogP contribution in [0.15, 0.2) is 60.2 Å². The summed E-state index contributed by atoms with van der Waals surface area (Å²) in [5.41, 5.74) is 3.11. The first kappa shape index (κ1) is 21.0. The van der Waals surface area contributed by atoms with Crippen molar-refractivity contribution in [1.29, 1.82) is 0 Å². The van der Waals surface area contributed by atoms with Gasteiger partial charge in [0, 0.05) is 16.7 Å². The lowest BCUT2D eigenvalue weighted by Crippen LogP contribution is -2.07. The summed E-state index contributed by atoms with van der Waals surface area (Å²) >= 11 is 0. The van der Waals surface area contributed by atoms with Gasteiger partial charge in [0.25, 0.3) is 0 Å². The molecule has 146 valence electrons. The summed E-state index contributed by atoms with van der Waals surface area (Å²) in [6.07, 6.45) is 2.44. The minimum Gasteiger partial charge on any atom is -0.493 e.